The van der Waals surface area contributed by atoms with E-state index in [1.165, 1.54) is 30.0 Å². The molecule has 0 atom stereocenters. The number of aliphatic carboxylic acids is 1. The summed E-state index contributed by atoms with van der Waals surface area (Å²) in [4.78, 5) is 16.0. The number of aromatic nitrogens is 1. The molecule has 0 spiro atoms. The first kappa shape index (κ1) is 24.4. The van der Waals surface area contributed by atoms with E-state index >= 15 is 0 Å². The van der Waals surface area contributed by atoms with Crippen molar-refractivity contribution in [1.82, 2.24) is 4.98 Å². The summed E-state index contributed by atoms with van der Waals surface area (Å²) >= 11 is 19.8. The third-order valence-electron chi connectivity index (χ3n) is 4.21. The second-order valence-electron chi connectivity index (χ2n) is 6.55. The normalized spacial score (nSPS) is 11.1. The highest BCUT2D eigenvalue weighted by Crippen LogP contribution is 2.38. The van der Waals surface area contributed by atoms with Crippen LogP contribution in [0.4, 0.5) is 4.39 Å². The third kappa shape index (κ3) is 7.14. The average molecular weight is 512 g/mol. The molecule has 32 heavy (non-hydrogen) atoms. The van der Waals surface area contributed by atoms with E-state index in [0.29, 0.717) is 55.9 Å². The Morgan fingerprint density at radius 1 is 1.09 bits per heavy atom. The second kappa shape index (κ2) is 11.6. The first-order chi connectivity index (χ1) is 15.3. The molecule has 1 heterocycles. The Hall–Kier alpha value is -2.25. The predicted molar refractivity (Wildman–Crippen MR) is 125 cm³/mol. The quantitative estimate of drug-likeness (QED) is 0.266. The van der Waals surface area contributed by atoms with Crippen LogP contribution in [0.3, 0.4) is 0 Å². The summed E-state index contributed by atoms with van der Waals surface area (Å²) < 4.78 is 18.8. The molecule has 0 N–H and O–H groups in total. The Morgan fingerprint density at radius 2 is 1.78 bits per heavy atom. The smallest absolute Gasteiger partial charge is 0.144 e. The highest BCUT2D eigenvalue weighted by molar-refractivity contribution is 7.98. The molecule has 9 heteroatoms. The first-order valence-electron chi connectivity index (χ1n) is 9.35. The van der Waals surface area contributed by atoms with Gasteiger partial charge in [-0.25, -0.2) is 9.37 Å². The highest BCUT2D eigenvalue weighted by atomic mass is 35.5. The van der Waals surface area contributed by atoms with Crippen molar-refractivity contribution in [3.05, 3.63) is 92.4 Å². The molecule has 0 radical (unpaired) electrons. The van der Waals surface area contributed by atoms with Gasteiger partial charge in [-0.2, -0.15) is 0 Å². The largest absolute Gasteiger partial charge is 0.545 e. The Kier molecular flexibility index (Phi) is 8.82. The van der Waals surface area contributed by atoms with Crippen molar-refractivity contribution >= 4 is 58.6 Å². The fourth-order valence-corrected chi connectivity index (χ4v) is 4.71. The van der Waals surface area contributed by atoms with E-state index in [2.05, 4.69) is 4.98 Å². The van der Waals surface area contributed by atoms with Gasteiger partial charge in [-0.05, 0) is 54.1 Å². The number of hydrogen-bond acceptors (Lipinski definition) is 5. The number of carboxylic acid groups (broad SMARTS) is 1. The molecular formula is C23H16Cl3FNO3S-. The first-order valence-corrected chi connectivity index (χ1v) is 11.5. The van der Waals surface area contributed by atoms with Gasteiger partial charge >= 0.3 is 0 Å². The van der Waals surface area contributed by atoms with Gasteiger partial charge in [0, 0.05) is 22.1 Å². The van der Waals surface area contributed by atoms with Crippen LogP contribution >= 0.6 is 46.6 Å². The number of hydrogen-bond donors (Lipinski definition) is 0. The summed E-state index contributed by atoms with van der Waals surface area (Å²) in [6, 6.07) is 12.8. The van der Waals surface area contributed by atoms with Gasteiger partial charge < -0.3 is 14.6 Å². The minimum Gasteiger partial charge on any atom is -0.545 e. The van der Waals surface area contributed by atoms with Crippen LogP contribution in [0.15, 0.2) is 59.5 Å². The lowest BCUT2D eigenvalue weighted by Gasteiger charge is -2.12. The molecule has 1 aromatic heterocycles. The zero-order chi connectivity index (χ0) is 23.1. The van der Waals surface area contributed by atoms with E-state index in [-0.39, 0.29) is 5.82 Å². The number of carboxylic acids is 1. The summed E-state index contributed by atoms with van der Waals surface area (Å²) in [5.74, 6) is -0.795. The van der Waals surface area contributed by atoms with Gasteiger partial charge in [0.25, 0.3) is 0 Å². The predicted octanol–water partition coefficient (Wildman–Crippen LogP) is 5.86. The van der Waals surface area contributed by atoms with E-state index in [0.717, 1.165) is 11.6 Å². The van der Waals surface area contributed by atoms with Crippen molar-refractivity contribution in [3.8, 4) is 5.75 Å². The van der Waals surface area contributed by atoms with Gasteiger partial charge in [0.15, 0.2) is 0 Å². The molecule has 2 aromatic carbocycles. The lowest BCUT2D eigenvalue weighted by molar-refractivity contribution is -0.297. The molecule has 0 unspecified atom stereocenters. The number of rotatable bonds is 9. The van der Waals surface area contributed by atoms with Crippen LogP contribution in [0.25, 0.3) is 6.08 Å². The van der Waals surface area contributed by atoms with Crippen molar-refractivity contribution in [2.24, 2.45) is 0 Å². The zero-order valence-corrected chi connectivity index (χ0v) is 19.6. The summed E-state index contributed by atoms with van der Waals surface area (Å²) in [6.07, 6.45) is 2.76. The number of pyridine rings is 1. The zero-order valence-electron chi connectivity index (χ0n) is 16.5. The molecule has 0 saturated carbocycles. The molecule has 0 fully saturated rings. The lowest BCUT2D eigenvalue weighted by Crippen LogP contribution is -2.18. The van der Waals surface area contributed by atoms with Gasteiger partial charge in [0.2, 0.25) is 0 Å². The minimum atomic E-state index is -1.34. The molecule has 0 aliphatic heterocycles. The highest BCUT2D eigenvalue weighted by Gasteiger charge is 2.11. The Balaban J connectivity index is 1.72. The van der Waals surface area contributed by atoms with Crippen LogP contribution in [0.1, 0.15) is 17.0 Å². The number of nitrogens with zero attached hydrogens (tertiary/aromatic N) is 1. The van der Waals surface area contributed by atoms with Gasteiger partial charge in [0.1, 0.15) is 17.3 Å². The summed E-state index contributed by atoms with van der Waals surface area (Å²) in [5.41, 5.74) is 1.93. The average Bonchev–Trinajstić information content (AvgIpc) is 2.74. The maximum Gasteiger partial charge on any atom is 0.144 e. The minimum absolute atomic E-state index is 0.303. The number of benzene rings is 2. The maximum atomic E-state index is 13.0. The van der Waals surface area contributed by atoms with Crippen LogP contribution in [-0.2, 0) is 17.0 Å². The van der Waals surface area contributed by atoms with Gasteiger partial charge in [-0.3, -0.25) is 0 Å². The topological polar surface area (TPSA) is 62.2 Å². The van der Waals surface area contributed by atoms with Gasteiger partial charge in [0.05, 0.1) is 28.3 Å². The van der Waals surface area contributed by atoms with E-state index < -0.39 is 5.97 Å². The Morgan fingerprint density at radius 3 is 2.44 bits per heavy atom. The Bertz CT molecular complexity index is 1120. The van der Waals surface area contributed by atoms with E-state index in [1.54, 1.807) is 36.4 Å². The van der Waals surface area contributed by atoms with Crippen LogP contribution < -0.4 is 9.84 Å². The van der Waals surface area contributed by atoms with Crippen LogP contribution in [-0.4, -0.2) is 17.6 Å². The molecule has 3 aromatic rings. The van der Waals surface area contributed by atoms with Crippen LogP contribution in [0, 0.1) is 5.82 Å². The summed E-state index contributed by atoms with van der Waals surface area (Å²) in [7, 11) is 0. The monoisotopic (exact) mass is 510 g/mol. The maximum absolute atomic E-state index is 13.0. The summed E-state index contributed by atoms with van der Waals surface area (Å²) in [5, 5.41) is 12.2. The van der Waals surface area contributed by atoms with Crippen molar-refractivity contribution in [2.75, 3.05) is 6.61 Å². The molecule has 166 valence electrons. The third-order valence-corrected chi connectivity index (χ3v) is 6.42. The van der Waals surface area contributed by atoms with Crippen molar-refractivity contribution in [1.29, 1.82) is 0 Å². The van der Waals surface area contributed by atoms with Crippen molar-refractivity contribution in [2.45, 2.75) is 17.1 Å². The molecule has 0 saturated heterocycles. The standard InChI is InChI=1S/C23H17Cl3FNO3S/c24-15-11-18(25)23(19(26)12-15)32-13-17-5-7-21(20(28-17)6-8-22(29)30)31-10-9-14-1-3-16(27)4-2-14/h1-8,11-12H,9-10,13H2,(H,29,30)/p-1/b8-6+. The fourth-order valence-electron chi connectivity index (χ4n) is 2.72. The van der Waals surface area contributed by atoms with Crippen LogP contribution in [0.2, 0.25) is 15.1 Å². The number of carbonyl (C=O) groups is 1. The van der Waals surface area contributed by atoms with E-state index in [4.69, 9.17) is 39.5 Å². The molecule has 0 amide bonds. The Labute approximate surface area is 204 Å². The van der Waals surface area contributed by atoms with Crippen molar-refractivity contribution in [3.63, 3.8) is 0 Å². The molecule has 0 bridgehead atoms. The van der Waals surface area contributed by atoms with Gasteiger partial charge in [-0.1, -0.05) is 46.9 Å². The molecular weight excluding hydrogens is 496 g/mol. The number of halogens is 4. The van der Waals surface area contributed by atoms with E-state index in [9.17, 15) is 14.3 Å². The molecule has 4 nitrogen and oxygen atoms in total. The second-order valence-corrected chi connectivity index (χ2v) is 8.79. The number of ether oxygens (including phenoxy) is 1. The lowest BCUT2D eigenvalue weighted by atomic mass is 10.1. The fraction of sp³-hybridized carbons (Fsp3) is 0.130. The number of carbonyl (C=O) groups excluding carboxylic acids is 1. The van der Waals surface area contributed by atoms with E-state index in [1.807, 2.05) is 0 Å². The summed E-state index contributed by atoms with van der Waals surface area (Å²) in [6.45, 7) is 0.309. The van der Waals surface area contributed by atoms with Crippen molar-refractivity contribution < 1.29 is 19.0 Å². The van der Waals surface area contributed by atoms with Gasteiger partial charge in [-0.15, -0.1) is 11.8 Å². The number of thioether (sulfide) groups is 1. The SMILES string of the molecule is O=C([O-])/C=C/c1nc(CSc2c(Cl)cc(Cl)cc2Cl)ccc1OCCc1ccc(F)cc1. The molecule has 0 aliphatic carbocycles. The van der Waals surface area contributed by atoms with Crippen LogP contribution in [0.5, 0.6) is 5.75 Å². The molecule has 3 rings (SSSR count). The molecule has 0 aliphatic rings.